The zero-order valence-electron chi connectivity index (χ0n) is 15.7. The normalized spacial score (nSPS) is 16.9. The van der Waals surface area contributed by atoms with Crippen molar-refractivity contribution in [1.82, 2.24) is 20.5 Å². The molecule has 0 bridgehead atoms. The van der Waals surface area contributed by atoms with Gasteiger partial charge in [-0.25, -0.2) is 0 Å². The number of likely N-dealkylation sites (tertiary alicyclic amines) is 1. The number of carbonyl (C=O) groups is 3. The third kappa shape index (κ3) is 4.48. The van der Waals surface area contributed by atoms with Crippen LogP contribution in [0.1, 0.15) is 38.7 Å². The lowest BCUT2D eigenvalue weighted by molar-refractivity contribution is -0.135. The highest BCUT2D eigenvalue weighted by Gasteiger charge is 2.36. The second-order valence-corrected chi connectivity index (χ2v) is 7.20. The van der Waals surface area contributed by atoms with Crippen LogP contribution in [0.3, 0.4) is 0 Å². The van der Waals surface area contributed by atoms with E-state index < -0.39 is 6.04 Å². The molecule has 1 aliphatic heterocycles. The van der Waals surface area contributed by atoms with Gasteiger partial charge in [0.1, 0.15) is 6.04 Å². The number of H-pyrrole nitrogens is 1. The summed E-state index contributed by atoms with van der Waals surface area (Å²) in [5, 5.41) is 6.64. The van der Waals surface area contributed by atoms with Crippen LogP contribution in [-0.4, -0.2) is 46.2 Å². The zero-order valence-corrected chi connectivity index (χ0v) is 15.7. The lowest BCUT2D eigenvalue weighted by Crippen LogP contribution is -2.45. The van der Waals surface area contributed by atoms with Gasteiger partial charge in [-0.15, -0.1) is 0 Å². The van der Waals surface area contributed by atoms with Gasteiger partial charge in [0.15, 0.2) is 0 Å². The van der Waals surface area contributed by atoms with Crippen LogP contribution in [0.2, 0.25) is 0 Å². The Balaban J connectivity index is 1.60. The zero-order chi connectivity index (χ0) is 19.4. The first kappa shape index (κ1) is 18.9. The number of amides is 3. The second kappa shape index (κ2) is 8.24. The van der Waals surface area contributed by atoms with Crippen molar-refractivity contribution >= 4 is 28.6 Å². The number of fused-ring (bicyclic) bond motifs is 1. The van der Waals surface area contributed by atoms with Crippen molar-refractivity contribution in [3.63, 3.8) is 0 Å². The molecule has 2 heterocycles. The first-order valence-corrected chi connectivity index (χ1v) is 9.37. The molecule has 1 aromatic carbocycles. The minimum absolute atomic E-state index is 0.0158. The number of hydrogen-bond donors (Lipinski definition) is 3. The predicted octanol–water partition coefficient (Wildman–Crippen LogP) is 1.69. The first-order chi connectivity index (χ1) is 13.0. The van der Waals surface area contributed by atoms with Crippen LogP contribution in [0.25, 0.3) is 10.9 Å². The van der Waals surface area contributed by atoms with Gasteiger partial charge in [-0.2, -0.15) is 0 Å². The van der Waals surface area contributed by atoms with Crippen molar-refractivity contribution in [1.29, 1.82) is 0 Å². The molecule has 0 radical (unpaired) electrons. The predicted molar refractivity (Wildman–Crippen MR) is 103 cm³/mol. The lowest BCUT2D eigenvalue weighted by atomic mass is 10.1. The summed E-state index contributed by atoms with van der Waals surface area (Å²) in [6, 6.07) is 7.49. The molecular weight excluding hydrogens is 344 g/mol. The van der Waals surface area contributed by atoms with E-state index in [2.05, 4.69) is 15.6 Å². The number of benzene rings is 1. The van der Waals surface area contributed by atoms with Gasteiger partial charge >= 0.3 is 0 Å². The van der Waals surface area contributed by atoms with Crippen molar-refractivity contribution in [3.05, 3.63) is 36.0 Å². The Labute approximate surface area is 158 Å². The van der Waals surface area contributed by atoms with Crippen molar-refractivity contribution in [2.24, 2.45) is 0 Å². The van der Waals surface area contributed by atoms with Gasteiger partial charge in [-0.05, 0) is 31.9 Å². The summed E-state index contributed by atoms with van der Waals surface area (Å²) in [4.78, 5) is 41.4. The van der Waals surface area contributed by atoms with E-state index in [0.717, 1.165) is 16.5 Å². The van der Waals surface area contributed by atoms with E-state index in [4.69, 9.17) is 0 Å². The average Bonchev–Trinajstić information content (AvgIpc) is 3.19. The number of rotatable bonds is 7. The molecule has 0 spiro atoms. The molecule has 1 fully saturated rings. The molecule has 27 heavy (non-hydrogen) atoms. The van der Waals surface area contributed by atoms with Gasteiger partial charge in [0.05, 0.1) is 0 Å². The molecule has 1 saturated heterocycles. The smallest absolute Gasteiger partial charge is 0.242 e. The minimum Gasteiger partial charge on any atom is -0.361 e. The number of para-hydroxylation sites is 1. The minimum atomic E-state index is -0.487. The van der Waals surface area contributed by atoms with Crippen molar-refractivity contribution in [2.45, 2.75) is 51.7 Å². The Kier molecular flexibility index (Phi) is 5.78. The molecule has 3 amide bonds. The fourth-order valence-corrected chi connectivity index (χ4v) is 3.46. The molecule has 7 heteroatoms. The highest BCUT2D eigenvalue weighted by molar-refractivity contribution is 5.91. The molecule has 1 aliphatic rings. The molecule has 1 aromatic heterocycles. The van der Waals surface area contributed by atoms with Crippen LogP contribution >= 0.6 is 0 Å². The molecule has 0 saturated carbocycles. The van der Waals surface area contributed by atoms with Crippen LogP contribution in [0, 0.1) is 0 Å². The summed E-state index contributed by atoms with van der Waals surface area (Å²) in [5.74, 6) is -0.306. The number of aromatic nitrogens is 1. The van der Waals surface area contributed by atoms with Crippen LogP contribution in [-0.2, 0) is 20.9 Å². The maximum Gasteiger partial charge on any atom is 0.242 e. The molecule has 3 rings (SSSR count). The Morgan fingerprint density at radius 3 is 2.85 bits per heavy atom. The summed E-state index contributed by atoms with van der Waals surface area (Å²) in [5.41, 5.74) is 2.01. The number of hydrogen-bond acceptors (Lipinski definition) is 3. The number of nitrogens with zero attached hydrogens (tertiary/aromatic N) is 1. The van der Waals surface area contributed by atoms with E-state index in [-0.39, 0.29) is 36.7 Å². The Hall–Kier alpha value is -2.83. The van der Waals surface area contributed by atoms with Gasteiger partial charge in [0.25, 0.3) is 0 Å². The molecular formula is C20H26N4O3. The maximum absolute atomic E-state index is 12.6. The Bertz CT molecular complexity index is 843. The third-order valence-corrected chi connectivity index (χ3v) is 4.75. The summed E-state index contributed by atoms with van der Waals surface area (Å²) in [6.45, 7) is 4.45. The molecule has 1 atom stereocenters. The fraction of sp³-hybridized carbons (Fsp3) is 0.450. The van der Waals surface area contributed by atoms with E-state index >= 15 is 0 Å². The van der Waals surface area contributed by atoms with E-state index in [0.29, 0.717) is 19.4 Å². The van der Waals surface area contributed by atoms with Gasteiger partial charge in [-0.1, -0.05) is 18.2 Å². The van der Waals surface area contributed by atoms with Gasteiger partial charge in [0.2, 0.25) is 17.7 Å². The summed E-state index contributed by atoms with van der Waals surface area (Å²) < 4.78 is 0. The van der Waals surface area contributed by atoms with E-state index in [1.54, 1.807) is 4.90 Å². The largest absolute Gasteiger partial charge is 0.361 e. The van der Waals surface area contributed by atoms with Crippen molar-refractivity contribution in [3.8, 4) is 0 Å². The van der Waals surface area contributed by atoms with Crippen LogP contribution < -0.4 is 10.6 Å². The first-order valence-electron chi connectivity index (χ1n) is 9.37. The molecule has 7 nitrogen and oxygen atoms in total. The van der Waals surface area contributed by atoms with E-state index in [9.17, 15) is 14.4 Å². The molecule has 3 N–H and O–H groups in total. The van der Waals surface area contributed by atoms with Crippen molar-refractivity contribution < 1.29 is 14.4 Å². The lowest BCUT2D eigenvalue weighted by Gasteiger charge is -2.24. The van der Waals surface area contributed by atoms with Crippen LogP contribution in [0.5, 0.6) is 0 Å². The van der Waals surface area contributed by atoms with E-state index in [1.807, 2.05) is 44.3 Å². The SMILES string of the molecule is CC(C)NC(=O)CCNC(=O)C1CCC(=O)N1Cc1c[nH]c2ccccc12. The summed E-state index contributed by atoms with van der Waals surface area (Å²) in [7, 11) is 0. The monoisotopic (exact) mass is 370 g/mol. The molecule has 144 valence electrons. The van der Waals surface area contributed by atoms with Crippen LogP contribution in [0.15, 0.2) is 30.5 Å². The van der Waals surface area contributed by atoms with Gasteiger partial charge < -0.3 is 20.5 Å². The average molecular weight is 370 g/mol. The second-order valence-electron chi connectivity index (χ2n) is 7.20. The quantitative estimate of drug-likeness (QED) is 0.692. The Morgan fingerprint density at radius 2 is 2.07 bits per heavy atom. The van der Waals surface area contributed by atoms with Crippen LogP contribution in [0.4, 0.5) is 0 Å². The standard InChI is InChI=1S/C20H26N4O3/c1-13(2)23-18(25)9-10-21-20(27)17-7-8-19(26)24(17)12-14-11-22-16-6-4-3-5-15(14)16/h3-6,11,13,17,22H,7-10,12H2,1-2H3,(H,21,27)(H,23,25). The summed E-state index contributed by atoms with van der Waals surface area (Å²) >= 11 is 0. The number of aromatic amines is 1. The Morgan fingerprint density at radius 1 is 1.30 bits per heavy atom. The maximum atomic E-state index is 12.6. The molecule has 2 aromatic rings. The topological polar surface area (TPSA) is 94.3 Å². The van der Waals surface area contributed by atoms with Crippen molar-refractivity contribution in [2.75, 3.05) is 6.54 Å². The number of carbonyl (C=O) groups excluding carboxylic acids is 3. The highest BCUT2D eigenvalue weighted by Crippen LogP contribution is 2.25. The number of nitrogens with one attached hydrogen (secondary N) is 3. The van der Waals surface area contributed by atoms with E-state index in [1.165, 1.54) is 0 Å². The van der Waals surface area contributed by atoms with Gasteiger partial charge in [-0.3, -0.25) is 14.4 Å². The molecule has 0 aliphatic carbocycles. The third-order valence-electron chi connectivity index (χ3n) is 4.75. The summed E-state index contributed by atoms with van der Waals surface area (Å²) in [6.07, 6.45) is 2.99. The highest BCUT2D eigenvalue weighted by atomic mass is 16.2. The van der Waals surface area contributed by atoms with Gasteiger partial charge in [0, 0.05) is 49.1 Å². The fourth-order valence-electron chi connectivity index (χ4n) is 3.46. The molecule has 1 unspecified atom stereocenters.